The second-order valence-corrected chi connectivity index (χ2v) is 14.8. The molecule has 0 radical (unpaired) electrons. The number of alkyl carbamates (subject to hydrolysis) is 1. The highest BCUT2D eigenvalue weighted by atomic mass is 16.6. The fourth-order valence-electron chi connectivity index (χ4n) is 5.72. The van der Waals surface area contributed by atoms with Gasteiger partial charge in [-0.1, -0.05) is 130 Å². The number of unbranched alkanes of at least 4 members (excludes halogenated alkanes) is 16. The average Bonchev–Trinajstić information content (AvgIpc) is 3.05. The lowest BCUT2D eigenvalue weighted by Crippen LogP contribution is -2.35. The molecule has 3 atom stereocenters. The predicted octanol–water partition coefficient (Wildman–Crippen LogP) is 10.3. The Labute approximate surface area is 300 Å². The monoisotopic (exact) mass is 698 g/mol. The Hall–Kier alpha value is -2.32. The Morgan fingerprint density at radius 1 is 0.531 bits per heavy atom. The number of hydrogen-bond acceptors (Lipinski definition) is 8. The SMILES string of the molecule is CCCCCCCCCCCCCCCCCCOC(=O)C(CC(C)C(=O)OCCNC(=O)OC(C)(C)C)CC(CC)C(=O)OCCCC. The first-order chi connectivity index (χ1) is 23.4. The van der Waals surface area contributed by atoms with E-state index in [2.05, 4.69) is 12.2 Å². The molecule has 0 heterocycles. The van der Waals surface area contributed by atoms with Gasteiger partial charge in [-0.3, -0.25) is 14.4 Å². The third-order valence-corrected chi connectivity index (χ3v) is 8.77. The van der Waals surface area contributed by atoms with Gasteiger partial charge in [-0.25, -0.2) is 4.79 Å². The van der Waals surface area contributed by atoms with Gasteiger partial charge in [0.25, 0.3) is 0 Å². The Morgan fingerprint density at radius 2 is 0.959 bits per heavy atom. The molecule has 49 heavy (non-hydrogen) atoms. The molecule has 9 heteroatoms. The van der Waals surface area contributed by atoms with Crippen LogP contribution in [0.3, 0.4) is 0 Å². The van der Waals surface area contributed by atoms with Crippen LogP contribution < -0.4 is 5.32 Å². The van der Waals surface area contributed by atoms with Crippen molar-refractivity contribution in [2.24, 2.45) is 17.8 Å². The van der Waals surface area contributed by atoms with Gasteiger partial charge in [0, 0.05) is 0 Å². The number of ether oxygens (including phenoxy) is 4. The van der Waals surface area contributed by atoms with Crippen LogP contribution in [-0.4, -0.2) is 56.0 Å². The van der Waals surface area contributed by atoms with Crippen molar-refractivity contribution in [1.29, 1.82) is 0 Å². The van der Waals surface area contributed by atoms with Crippen molar-refractivity contribution in [2.75, 3.05) is 26.4 Å². The number of nitrogens with one attached hydrogen (secondary N) is 1. The second kappa shape index (κ2) is 30.5. The van der Waals surface area contributed by atoms with Crippen LogP contribution >= 0.6 is 0 Å². The number of rotatable bonds is 31. The van der Waals surface area contributed by atoms with Gasteiger partial charge in [0.2, 0.25) is 0 Å². The van der Waals surface area contributed by atoms with Gasteiger partial charge in [0.1, 0.15) is 12.2 Å². The van der Waals surface area contributed by atoms with Crippen LogP contribution in [0.15, 0.2) is 0 Å². The quantitative estimate of drug-likeness (QED) is 0.0432. The largest absolute Gasteiger partial charge is 0.465 e. The van der Waals surface area contributed by atoms with Crippen molar-refractivity contribution >= 4 is 24.0 Å². The van der Waals surface area contributed by atoms with Crippen molar-refractivity contribution in [3.05, 3.63) is 0 Å². The van der Waals surface area contributed by atoms with Crippen molar-refractivity contribution < 1.29 is 38.1 Å². The average molecular weight is 698 g/mol. The number of carbonyl (C=O) groups excluding carboxylic acids is 4. The number of carbonyl (C=O) groups is 4. The molecule has 0 aliphatic rings. The molecule has 1 amide bonds. The summed E-state index contributed by atoms with van der Waals surface area (Å²) in [5.74, 6) is -2.84. The molecule has 0 saturated heterocycles. The molecule has 0 rings (SSSR count). The normalized spacial score (nSPS) is 13.3. The minimum Gasteiger partial charge on any atom is -0.465 e. The molecular weight excluding hydrogens is 622 g/mol. The zero-order valence-electron chi connectivity index (χ0n) is 32.7. The van der Waals surface area contributed by atoms with E-state index in [9.17, 15) is 19.2 Å². The van der Waals surface area contributed by atoms with E-state index in [1.807, 2.05) is 13.8 Å². The van der Waals surface area contributed by atoms with Crippen LogP contribution in [0.5, 0.6) is 0 Å². The number of hydrogen-bond donors (Lipinski definition) is 1. The summed E-state index contributed by atoms with van der Waals surface area (Å²) in [6.07, 6.45) is 22.5. The Morgan fingerprint density at radius 3 is 1.43 bits per heavy atom. The Bertz CT molecular complexity index is 856. The van der Waals surface area contributed by atoms with Crippen LogP contribution in [-0.2, 0) is 33.3 Å². The molecule has 3 unspecified atom stereocenters. The van der Waals surface area contributed by atoms with Crippen LogP contribution in [0.4, 0.5) is 4.79 Å². The summed E-state index contributed by atoms with van der Waals surface area (Å²) < 4.78 is 21.7. The molecule has 1 N–H and O–H groups in total. The smallest absolute Gasteiger partial charge is 0.407 e. The van der Waals surface area contributed by atoms with Crippen LogP contribution in [0, 0.1) is 17.8 Å². The van der Waals surface area contributed by atoms with Gasteiger partial charge in [-0.05, 0) is 52.9 Å². The molecule has 0 spiro atoms. The maximum atomic E-state index is 13.3. The molecule has 0 aromatic heterocycles. The Kier molecular flexibility index (Phi) is 29.1. The van der Waals surface area contributed by atoms with E-state index in [0.29, 0.717) is 19.6 Å². The van der Waals surface area contributed by atoms with Crippen molar-refractivity contribution in [2.45, 2.75) is 189 Å². The number of amides is 1. The topological polar surface area (TPSA) is 117 Å². The van der Waals surface area contributed by atoms with E-state index in [1.165, 1.54) is 83.5 Å². The zero-order valence-corrected chi connectivity index (χ0v) is 32.7. The molecule has 0 saturated carbocycles. The lowest BCUT2D eigenvalue weighted by molar-refractivity contribution is -0.155. The van der Waals surface area contributed by atoms with E-state index in [1.54, 1.807) is 27.7 Å². The first-order valence-corrected chi connectivity index (χ1v) is 19.9. The van der Waals surface area contributed by atoms with Gasteiger partial charge in [-0.15, -0.1) is 0 Å². The highest BCUT2D eigenvalue weighted by Gasteiger charge is 2.32. The predicted molar refractivity (Wildman–Crippen MR) is 197 cm³/mol. The molecule has 0 aliphatic carbocycles. The first-order valence-electron chi connectivity index (χ1n) is 19.9. The van der Waals surface area contributed by atoms with Gasteiger partial charge in [0.15, 0.2) is 0 Å². The summed E-state index contributed by atoms with van der Waals surface area (Å²) in [7, 11) is 0. The van der Waals surface area contributed by atoms with Crippen LogP contribution in [0.25, 0.3) is 0 Å². The lowest BCUT2D eigenvalue weighted by Gasteiger charge is -2.23. The summed E-state index contributed by atoms with van der Waals surface area (Å²) in [5, 5.41) is 2.56. The molecule has 288 valence electrons. The minimum atomic E-state index is -0.632. The van der Waals surface area contributed by atoms with E-state index in [-0.39, 0.29) is 37.9 Å². The molecular formula is C40H75NO8. The van der Waals surface area contributed by atoms with Gasteiger partial charge < -0.3 is 24.3 Å². The molecule has 0 aromatic carbocycles. The van der Waals surface area contributed by atoms with E-state index < -0.39 is 35.4 Å². The van der Waals surface area contributed by atoms with E-state index in [0.717, 1.165) is 32.1 Å². The third-order valence-electron chi connectivity index (χ3n) is 8.77. The standard InChI is InChI=1S/C40H75NO8/c1-8-11-13-14-15-16-17-18-19-20-21-22-23-24-25-26-29-47-38(44)35(32-34(10-3)37(43)46-28-12-9-2)31-33(4)36(42)48-30-27-41-39(45)49-40(5,6)7/h33-35H,8-32H2,1-7H3,(H,41,45). The van der Waals surface area contributed by atoms with Crippen molar-refractivity contribution in [3.63, 3.8) is 0 Å². The zero-order chi connectivity index (χ0) is 36.8. The molecule has 0 aromatic rings. The third kappa shape index (κ3) is 28.1. The Balaban J connectivity index is 4.59. The fraction of sp³-hybridized carbons (Fsp3) is 0.900. The van der Waals surface area contributed by atoms with E-state index in [4.69, 9.17) is 18.9 Å². The minimum absolute atomic E-state index is 0.0158. The van der Waals surface area contributed by atoms with Gasteiger partial charge in [0.05, 0.1) is 37.5 Å². The molecule has 0 fully saturated rings. The molecule has 0 bridgehead atoms. The summed E-state index contributed by atoms with van der Waals surface area (Å²) >= 11 is 0. The first kappa shape index (κ1) is 46.7. The highest BCUT2D eigenvalue weighted by molar-refractivity contribution is 5.77. The van der Waals surface area contributed by atoms with Crippen molar-refractivity contribution in [1.82, 2.24) is 5.32 Å². The van der Waals surface area contributed by atoms with E-state index >= 15 is 0 Å². The second-order valence-electron chi connectivity index (χ2n) is 14.8. The summed E-state index contributed by atoms with van der Waals surface area (Å²) in [6, 6.07) is 0. The maximum absolute atomic E-state index is 13.3. The van der Waals surface area contributed by atoms with Gasteiger partial charge >= 0.3 is 24.0 Å². The number of esters is 3. The highest BCUT2D eigenvalue weighted by Crippen LogP contribution is 2.26. The molecule has 0 aliphatic heterocycles. The summed E-state index contributed by atoms with van der Waals surface area (Å²) in [4.78, 5) is 50.6. The fourth-order valence-corrected chi connectivity index (χ4v) is 5.72. The maximum Gasteiger partial charge on any atom is 0.407 e. The van der Waals surface area contributed by atoms with Crippen LogP contribution in [0.1, 0.15) is 183 Å². The van der Waals surface area contributed by atoms with Crippen LogP contribution in [0.2, 0.25) is 0 Å². The van der Waals surface area contributed by atoms with Crippen molar-refractivity contribution in [3.8, 4) is 0 Å². The summed E-state index contributed by atoms with van der Waals surface area (Å²) in [5.41, 5.74) is -0.621. The summed E-state index contributed by atoms with van der Waals surface area (Å²) in [6.45, 7) is 14.0. The van der Waals surface area contributed by atoms with Gasteiger partial charge in [-0.2, -0.15) is 0 Å². The lowest BCUT2D eigenvalue weighted by atomic mass is 9.86. The molecule has 9 nitrogen and oxygen atoms in total.